The highest BCUT2D eigenvalue weighted by Crippen LogP contribution is 2.42. The minimum absolute atomic E-state index is 0.161. The maximum atomic E-state index is 13.4. The van der Waals surface area contributed by atoms with Gasteiger partial charge in [0.15, 0.2) is 11.5 Å². The molecule has 1 unspecified atom stereocenters. The zero-order chi connectivity index (χ0) is 23.9. The van der Waals surface area contributed by atoms with Crippen molar-refractivity contribution in [3.05, 3.63) is 82.7 Å². The lowest BCUT2D eigenvalue weighted by molar-refractivity contribution is 0.174. The van der Waals surface area contributed by atoms with Crippen molar-refractivity contribution in [2.24, 2.45) is 0 Å². The molecule has 0 spiro atoms. The number of allylic oxidation sites excluding steroid dienone is 1. The Labute approximate surface area is 205 Å². The van der Waals surface area contributed by atoms with Gasteiger partial charge in [0.1, 0.15) is 0 Å². The molecule has 1 N–H and O–H groups in total. The van der Waals surface area contributed by atoms with Crippen LogP contribution in [0.3, 0.4) is 0 Å². The van der Waals surface area contributed by atoms with Crippen LogP contribution in [-0.2, 0) is 6.42 Å². The molecule has 8 nitrogen and oxygen atoms in total. The van der Waals surface area contributed by atoms with Gasteiger partial charge in [-0.15, -0.1) is 11.3 Å². The summed E-state index contributed by atoms with van der Waals surface area (Å²) in [5.41, 5.74) is 4.24. The van der Waals surface area contributed by atoms with Gasteiger partial charge in [0.25, 0.3) is 5.89 Å². The predicted molar refractivity (Wildman–Crippen MR) is 132 cm³/mol. The van der Waals surface area contributed by atoms with Crippen molar-refractivity contribution >= 4 is 28.6 Å². The summed E-state index contributed by atoms with van der Waals surface area (Å²) in [6.07, 6.45) is 0.935. The van der Waals surface area contributed by atoms with Gasteiger partial charge in [0, 0.05) is 11.8 Å². The smallest absolute Gasteiger partial charge is 0.327 e. The number of fused-ring (bicyclic) bond motifs is 1. The molecule has 2 amide bonds. The zero-order valence-corrected chi connectivity index (χ0v) is 20.0. The van der Waals surface area contributed by atoms with Crippen LogP contribution in [0.25, 0.3) is 16.3 Å². The van der Waals surface area contributed by atoms with Crippen molar-refractivity contribution in [2.75, 3.05) is 11.7 Å². The first-order valence-electron chi connectivity index (χ1n) is 11.3. The minimum atomic E-state index is -0.449. The Balaban J connectivity index is 1.48. The summed E-state index contributed by atoms with van der Waals surface area (Å²) in [4.78, 5) is 20.6. The fraction of sp³-hybridized carbons (Fsp3) is 0.192. The molecule has 0 aliphatic carbocycles. The van der Waals surface area contributed by atoms with Gasteiger partial charge in [-0.2, -0.15) is 4.98 Å². The van der Waals surface area contributed by atoms with E-state index in [1.807, 2.05) is 42.6 Å². The summed E-state index contributed by atoms with van der Waals surface area (Å²) < 4.78 is 16.7. The molecule has 176 valence electrons. The Hall–Kier alpha value is -4.11. The van der Waals surface area contributed by atoms with Crippen LogP contribution >= 0.6 is 11.3 Å². The first kappa shape index (κ1) is 21.4. The molecule has 2 aromatic heterocycles. The van der Waals surface area contributed by atoms with E-state index in [4.69, 9.17) is 19.0 Å². The molecular formula is C26H22N4O4S. The van der Waals surface area contributed by atoms with E-state index >= 15 is 0 Å². The van der Waals surface area contributed by atoms with E-state index in [9.17, 15) is 4.79 Å². The average molecular weight is 487 g/mol. The topological polar surface area (TPSA) is 89.7 Å². The van der Waals surface area contributed by atoms with Crippen molar-refractivity contribution in [3.8, 4) is 22.2 Å². The number of nitrogens with zero attached hydrogens (tertiary/aromatic N) is 3. The number of aromatic nitrogens is 2. The van der Waals surface area contributed by atoms with Crippen molar-refractivity contribution in [3.63, 3.8) is 0 Å². The average Bonchev–Trinajstić information content (AvgIpc) is 3.65. The summed E-state index contributed by atoms with van der Waals surface area (Å²) >= 11 is 1.54. The van der Waals surface area contributed by atoms with Crippen LogP contribution in [0.1, 0.15) is 36.9 Å². The van der Waals surface area contributed by atoms with Gasteiger partial charge in [0.05, 0.1) is 22.2 Å². The number of urea groups is 1. The van der Waals surface area contributed by atoms with Gasteiger partial charge < -0.3 is 19.3 Å². The number of aryl methyl sites for hydroxylation is 1. The third kappa shape index (κ3) is 3.74. The lowest BCUT2D eigenvalue weighted by Crippen LogP contribution is -2.46. The molecule has 4 aromatic rings. The van der Waals surface area contributed by atoms with E-state index in [2.05, 4.69) is 29.5 Å². The molecule has 0 bridgehead atoms. The van der Waals surface area contributed by atoms with Crippen molar-refractivity contribution in [1.29, 1.82) is 0 Å². The number of thiophene rings is 1. The van der Waals surface area contributed by atoms with Crippen molar-refractivity contribution < 1.29 is 18.8 Å². The lowest BCUT2D eigenvalue weighted by Gasteiger charge is -2.35. The summed E-state index contributed by atoms with van der Waals surface area (Å²) in [5, 5.41) is 9.32. The number of rotatable bonds is 5. The van der Waals surface area contributed by atoms with Crippen molar-refractivity contribution in [2.45, 2.75) is 26.3 Å². The summed E-state index contributed by atoms with van der Waals surface area (Å²) in [6.45, 7) is 4.16. The van der Waals surface area contributed by atoms with Crippen LogP contribution in [0.4, 0.5) is 10.5 Å². The summed E-state index contributed by atoms with van der Waals surface area (Å²) in [6, 6.07) is 16.8. The second-order valence-corrected chi connectivity index (χ2v) is 9.20. The number of carbonyl (C=O) groups is 1. The van der Waals surface area contributed by atoms with E-state index in [1.165, 1.54) is 5.56 Å². The highest BCUT2D eigenvalue weighted by molar-refractivity contribution is 7.13. The van der Waals surface area contributed by atoms with Gasteiger partial charge >= 0.3 is 6.03 Å². The summed E-state index contributed by atoms with van der Waals surface area (Å²) in [5.74, 6) is 2.13. The van der Waals surface area contributed by atoms with Crippen molar-refractivity contribution in [1.82, 2.24) is 15.5 Å². The normalized spacial score (nSPS) is 17.1. The van der Waals surface area contributed by atoms with Gasteiger partial charge in [0.2, 0.25) is 12.6 Å². The molecule has 35 heavy (non-hydrogen) atoms. The quantitative estimate of drug-likeness (QED) is 0.384. The predicted octanol–water partition coefficient (Wildman–Crippen LogP) is 5.79. The van der Waals surface area contributed by atoms with E-state index in [1.54, 1.807) is 28.4 Å². The Morgan fingerprint density at radius 1 is 1.11 bits per heavy atom. The van der Waals surface area contributed by atoms with Crippen LogP contribution in [0.2, 0.25) is 0 Å². The molecule has 9 heteroatoms. The number of amides is 2. The second-order valence-electron chi connectivity index (χ2n) is 8.25. The van der Waals surface area contributed by atoms with Crippen LogP contribution < -0.4 is 19.7 Å². The Kier molecular flexibility index (Phi) is 5.26. The summed E-state index contributed by atoms with van der Waals surface area (Å²) in [7, 11) is 0. The molecular weight excluding hydrogens is 464 g/mol. The maximum Gasteiger partial charge on any atom is 0.327 e. The van der Waals surface area contributed by atoms with Crippen LogP contribution in [0.15, 0.2) is 70.2 Å². The lowest BCUT2D eigenvalue weighted by atomic mass is 9.93. The molecule has 1 atom stereocenters. The Bertz CT molecular complexity index is 1430. The van der Waals surface area contributed by atoms with Gasteiger partial charge in [-0.05, 0) is 48.1 Å². The second kappa shape index (κ2) is 8.59. The molecule has 6 rings (SSSR count). The monoisotopic (exact) mass is 486 g/mol. The van der Waals surface area contributed by atoms with E-state index in [0.717, 1.165) is 22.4 Å². The fourth-order valence-corrected chi connectivity index (χ4v) is 5.04. The maximum absolute atomic E-state index is 13.4. The van der Waals surface area contributed by atoms with E-state index < -0.39 is 6.04 Å². The number of ether oxygens (including phenoxy) is 2. The number of anilines is 1. The van der Waals surface area contributed by atoms with E-state index in [-0.39, 0.29) is 12.8 Å². The third-order valence-electron chi connectivity index (χ3n) is 6.22. The number of carbonyl (C=O) groups excluding carboxylic acids is 1. The molecule has 2 aliphatic heterocycles. The number of hydrogen-bond donors (Lipinski definition) is 1. The van der Waals surface area contributed by atoms with E-state index in [0.29, 0.717) is 34.6 Å². The largest absolute Gasteiger partial charge is 0.454 e. The van der Waals surface area contributed by atoms with Gasteiger partial charge in [-0.1, -0.05) is 42.4 Å². The number of nitrogens with one attached hydrogen (secondary N) is 1. The van der Waals surface area contributed by atoms with Crippen LogP contribution in [0, 0.1) is 0 Å². The fourth-order valence-electron chi connectivity index (χ4n) is 4.39. The highest BCUT2D eigenvalue weighted by atomic mass is 32.1. The highest BCUT2D eigenvalue weighted by Gasteiger charge is 2.37. The minimum Gasteiger partial charge on any atom is -0.454 e. The van der Waals surface area contributed by atoms with Crippen LogP contribution in [0.5, 0.6) is 11.5 Å². The Morgan fingerprint density at radius 2 is 1.94 bits per heavy atom. The van der Waals surface area contributed by atoms with Crippen LogP contribution in [-0.4, -0.2) is 23.0 Å². The molecule has 4 heterocycles. The third-order valence-corrected chi connectivity index (χ3v) is 7.08. The molecule has 0 fully saturated rings. The van der Waals surface area contributed by atoms with Gasteiger partial charge in [-0.3, -0.25) is 4.90 Å². The van der Waals surface area contributed by atoms with Gasteiger partial charge in [-0.25, -0.2) is 4.79 Å². The zero-order valence-electron chi connectivity index (χ0n) is 19.1. The first-order chi connectivity index (χ1) is 17.1. The Morgan fingerprint density at radius 3 is 2.71 bits per heavy atom. The molecule has 0 saturated carbocycles. The first-order valence-corrected chi connectivity index (χ1v) is 12.2. The standard InChI is InChI=1S/C26H22N4O4S/c1-3-16-6-8-17(9-7-16)23-22(25-28-24(29-34-25)21-5-4-12-35-21)15(2)30(26(31)27-23)18-10-11-19-20(13-18)33-14-32-19/h4-13,23H,3,14H2,1-2H3,(H,27,31). The molecule has 2 aromatic carbocycles. The number of hydrogen-bond acceptors (Lipinski definition) is 7. The number of benzene rings is 2. The molecule has 0 saturated heterocycles. The SMILES string of the molecule is CCc1ccc(C2NC(=O)N(c3ccc4c(c3)OCO4)C(C)=C2c2nc(-c3cccs3)no2)cc1. The molecule has 2 aliphatic rings. The molecule has 0 radical (unpaired) electrons.